The van der Waals surface area contributed by atoms with Gasteiger partial charge in [0.25, 0.3) is 0 Å². The number of thiophene rings is 2. The lowest BCUT2D eigenvalue weighted by atomic mass is 9.90. The highest BCUT2D eigenvalue weighted by Gasteiger charge is 2.32. The molecule has 4 nitrogen and oxygen atoms in total. The Morgan fingerprint density at radius 3 is 0.912 bits per heavy atom. The summed E-state index contributed by atoms with van der Waals surface area (Å²) in [6.45, 7) is 4.68. The van der Waals surface area contributed by atoms with Gasteiger partial charge in [-0.1, -0.05) is 0 Å². The van der Waals surface area contributed by atoms with Gasteiger partial charge in [-0.05, 0) is 49.9 Å². The molecule has 0 spiro atoms. The van der Waals surface area contributed by atoms with Crippen LogP contribution in [0.3, 0.4) is 0 Å². The molecule has 34 heavy (non-hydrogen) atoms. The van der Waals surface area contributed by atoms with Crippen molar-refractivity contribution in [3.63, 3.8) is 0 Å². The average molecular weight is 768 g/mol. The zero-order valence-electron chi connectivity index (χ0n) is 19.7. The molecular formula is C24H40Br4N4S2. The molecule has 5 rings (SSSR count). The average Bonchev–Trinajstić information content (AvgIpc) is 3.43. The van der Waals surface area contributed by atoms with Crippen LogP contribution in [-0.2, 0) is 26.2 Å². The van der Waals surface area contributed by atoms with Gasteiger partial charge in [-0.3, -0.25) is 0 Å². The molecule has 0 radical (unpaired) electrons. The summed E-state index contributed by atoms with van der Waals surface area (Å²) >= 11 is 4.12. The van der Waals surface area contributed by atoms with Gasteiger partial charge in [0.15, 0.2) is 0 Å². The van der Waals surface area contributed by atoms with Crippen LogP contribution >= 0.6 is 22.7 Å². The molecule has 4 atom stereocenters. The van der Waals surface area contributed by atoms with E-state index in [-0.39, 0.29) is 67.9 Å². The van der Waals surface area contributed by atoms with Crippen molar-refractivity contribution in [2.75, 3.05) is 0 Å². The van der Waals surface area contributed by atoms with E-state index in [1.807, 2.05) is 0 Å². The van der Waals surface area contributed by atoms with Gasteiger partial charge in [0.05, 0.1) is 19.5 Å². The van der Waals surface area contributed by atoms with E-state index in [1.165, 1.54) is 77.5 Å². The molecule has 2 aromatic heterocycles. The summed E-state index contributed by atoms with van der Waals surface area (Å²) in [6.07, 6.45) is 11.2. The Morgan fingerprint density at radius 2 is 0.676 bits per heavy atom. The summed E-state index contributed by atoms with van der Waals surface area (Å²) in [6, 6.07) is 12.7. The number of rotatable bonds is 0. The third-order valence-corrected chi connectivity index (χ3v) is 9.93. The summed E-state index contributed by atoms with van der Waals surface area (Å²) < 4.78 is 0. The van der Waals surface area contributed by atoms with Gasteiger partial charge < -0.3 is 89.2 Å². The van der Waals surface area contributed by atoms with Crippen LogP contribution in [0, 0.1) is 0 Å². The Morgan fingerprint density at radius 1 is 0.441 bits per heavy atom. The Hall–Kier alpha value is 1.16. The fraction of sp³-hybridized carbons (Fsp3) is 0.667. The molecule has 1 aliphatic heterocycles. The Labute approximate surface area is 255 Å². The van der Waals surface area contributed by atoms with Crippen LogP contribution < -0.4 is 89.2 Å². The highest BCUT2D eigenvalue weighted by molar-refractivity contribution is 7.12. The lowest BCUT2D eigenvalue weighted by molar-refractivity contribution is -0.790. The molecule has 8 N–H and O–H groups in total. The molecule has 0 saturated heterocycles. The van der Waals surface area contributed by atoms with E-state index in [0.29, 0.717) is 0 Å². The fourth-order valence-electron chi connectivity index (χ4n) is 5.90. The molecular weight excluding hydrogens is 728 g/mol. The van der Waals surface area contributed by atoms with Crippen molar-refractivity contribution in [3.8, 4) is 0 Å². The molecule has 2 saturated carbocycles. The summed E-state index contributed by atoms with van der Waals surface area (Å²) in [4.78, 5) is 6.27. The first kappa shape index (κ1) is 33.2. The van der Waals surface area contributed by atoms with Crippen molar-refractivity contribution in [3.05, 3.63) is 43.8 Å². The van der Waals surface area contributed by atoms with Crippen molar-refractivity contribution in [2.24, 2.45) is 0 Å². The largest absolute Gasteiger partial charge is 1.00 e. The minimum absolute atomic E-state index is 0. The van der Waals surface area contributed by atoms with Gasteiger partial charge in [-0.2, -0.15) is 0 Å². The summed E-state index contributed by atoms with van der Waals surface area (Å²) in [5.74, 6) is 0. The monoisotopic (exact) mass is 764 g/mol. The summed E-state index contributed by atoms with van der Waals surface area (Å²) in [5, 5.41) is 10.6. The van der Waals surface area contributed by atoms with Crippen LogP contribution in [0.15, 0.2) is 24.3 Å². The van der Waals surface area contributed by atoms with Crippen molar-refractivity contribution in [1.29, 1.82) is 0 Å². The SMILES string of the molecule is [Br-].[Br-].[Br-].[Br-].c1cc2sc1C[NH2+][C@@H]1CCCC[C@H]1[NH2+]Cc1ccc(s1)C[NH2+][C@@H]1CCCC[C@H]1[NH2+]C2. The number of halogens is 4. The van der Waals surface area contributed by atoms with E-state index >= 15 is 0 Å². The van der Waals surface area contributed by atoms with Crippen LogP contribution in [0.25, 0.3) is 0 Å². The topological polar surface area (TPSA) is 66.4 Å². The van der Waals surface area contributed by atoms with Crippen LogP contribution in [0.5, 0.6) is 0 Å². The maximum Gasteiger partial charge on any atom is 0.138 e. The van der Waals surface area contributed by atoms with Crippen LogP contribution in [-0.4, -0.2) is 24.2 Å². The number of fused-ring (bicyclic) bond motifs is 6. The molecule has 10 heteroatoms. The zero-order chi connectivity index (χ0) is 20.2. The van der Waals surface area contributed by atoms with Gasteiger partial charge in [-0.25, -0.2) is 0 Å². The van der Waals surface area contributed by atoms with E-state index in [0.717, 1.165) is 24.2 Å². The van der Waals surface area contributed by atoms with Crippen molar-refractivity contribution in [2.45, 2.75) is 102 Å². The van der Waals surface area contributed by atoms with Gasteiger partial charge in [0.2, 0.25) is 0 Å². The molecule has 0 unspecified atom stereocenters. The first-order valence-electron chi connectivity index (χ1n) is 12.3. The lowest BCUT2D eigenvalue weighted by Gasteiger charge is -2.28. The zero-order valence-corrected chi connectivity index (χ0v) is 27.7. The van der Waals surface area contributed by atoms with Gasteiger partial charge in [0.1, 0.15) is 50.3 Å². The molecule has 3 aliphatic rings. The van der Waals surface area contributed by atoms with E-state index in [4.69, 9.17) is 0 Å². The smallest absolute Gasteiger partial charge is 0.138 e. The highest BCUT2D eigenvalue weighted by atomic mass is 79.9. The van der Waals surface area contributed by atoms with Crippen LogP contribution in [0.1, 0.15) is 70.9 Å². The fourth-order valence-corrected chi connectivity index (χ4v) is 7.84. The highest BCUT2D eigenvalue weighted by Crippen LogP contribution is 2.19. The predicted octanol–water partition coefficient (Wildman–Crippen LogP) is -11.6. The first-order chi connectivity index (χ1) is 14.8. The second-order valence-corrected chi connectivity index (χ2v) is 12.2. The standard InChI is InChI=1S/C24H36N4S2.4BrH/c1-2-6-22-21(5-1)25-13-17-9-10-19(29-17)15-27-23-7-3-4-8-24(23)28-16-20-12-11-18(30-20)14-26-22;;;;/h9-12,21-28H,1-8,13-16H2;4*1H/t21-,22-,23-,24-;;;;/m1..../s1. The number of quaternary nitrogens is 4. The number of hydrogen-bond acceptors (Lipinski definition) is 2. The minimum atomic E-state index is 0. The number of nitrogens with two attached hydrogens (primary N) is 4. The van der Waals surface area contributed by atoms with E-state index in [9.17, 15) is 0 Å². The molecule has 2 aliphatic carbocycles. The second-order valence-electron chi connectivity index (χ2n) is 9.72. The normalized spacial score (nSPS) is 27.5. The lowest BCUT2D eigenvalue weighted by Crippen LogP contribution is -3.02. The van der Waals surface area contributed by atoms with Crippen molar-refractivity contribution < 1.29 is 89.2 Å². The van der Waals surface area contributed by atoms with E-state index in [2.05, 4.69) is 68.2 Å². The van der Waals surface area contributed by atoms with E-state index < -0.39 is 0 Å². The van der Waals surface area contributed by atoms with Crippen LogP contribution in [0.2, 0.25) is 0 Å². The molecule has 3 heterocycles. The maximum atomic E-state index is 2.66. The third kappa shape index (κ3) is 9.17. The first-order valence-corrected chi connectivity index (χ1v) is 14.0. The molecule has 4 bridgehead atoms. The number of hydrogen-bond donors (Lipinski definition) is 4. The predicted molar refractivity (Wildman–Crippen MR) is 123 cm³/mol. The third-order valence-electron chi connectivity index (χ3n) is 7.67. The van der Waals surface area contributed by atoms with Gasteiger partial charge >= 0.3 is 0 Å². The van der Waals surface area contributed by atoms with E-state index in [1.54, 1.807) is 19.5 Å². The Bertz CT molecular complexity index is 691. The molecule has 2 fully saturated rings. The van der Waals surface area contributed by atoms with Gasteiger partial charge in [-0.15, -0.1) is 22.7 Å². The summed E-state index contributed by atoms with van der Waals surface area (Å²) in [5.41, 5.74) is 0. The van der Waals surface area contributed by atoms with Crippen molar-refractivity contribution >= 4 is 22.7 Å². The quantitative estimate of drug-likeness (QED) is 0.206. The molecule has 0 aromatic carbocycles. The maximum absolute atomic E-state index is 2.66. The van der Waals surface area contributed by atoms with Crippen molar-refractivity contribution in [1.82, 2.24) is 0 Å². The Balaban J connectivity index is 0.00000144. The molecule has 196 valence electrons. The Kier molecular flexibility index (Phi) is 16.5. The second kappa shape index (κ2) is 16.9. The summed E-state index contributed by atoms with van der Waals surface area (Å²) in [7, 11) is 0. The molecule has 2 aromatic rings. The van der Waals surface area contributed by atoms with Gasteiger partial charge in [0, 0.05) is 25.7 Å². The minimum Gasteiger partial charge on any atom is -1.00 e. The molecule has 0 amide bonds. The van der Waals surface area contributed by atoms with Crippen LogP contribution in [0.4, 0.5) is 0 Å².